The maximum atomic E-state index is 12.5. The Morgan fingerprint density at radius 3 is 2.25 bits per heavy atom. The van der Waals surface area contributed by atoms with Gasteiger partial charge in [0.05, 0.1) is 0 Å². The molecule has 1 aliphatic rings. The minimum Gasteiger partial charge on any atom is -0.480 e. The quantitative estimate of drug-likeness (QED) is 0.196. The van der Waals surface area contributed by atoms with Gasteiger partial charge in [-0.05, 0) is 66.2 Å². The van der Waals surface area contributed by atoms with E-state index in [0.29, 0.717) is 18.6 Å². The molecule has 0 radical (unpaired) electrons. The van der Waals surface area contributed by atoms with Crippen LogP contribution in [0.15, 0.2) is 34.9 Å². The van der Waals surface area contributed by atoms with E-state index in [1.165, 1.54) is 28.5 Å². The summed E-state index contributed by atoms with van der Waals surface area (Å²) in [5.74, 6) is -0.982. The van der Waals surface area contributed by atoms with Gasteiger partial charge in [-0.25, -0.2) is 4.79 Å². The van der Waals surface area contributed by atoms with E-state index in [9.17, 15) is 19.5 Å². The van der Waals surface area contributed by atoms with E-state index in [0.717, 1.165) is 50.6 Å². The summed E-state index contributed by atoms with van der Waals surface area (Å²) in [4.78, 5) is 35.4. The lowest BCUT2D eigenvalue weighted by Crippen LogP contribution is -2.47. The maximum absolute atomic E-state index is 12.5. The van der Waals surface area contributed by atoms with Crippen LogP contribution in [0.5, 0.6) is 0 Å². The van der Waals surface area contributed by atoms with Crippen molar-refractivity contribution in [2.75, 3.05) is 11.5 Å². The number of aliphatic carboxylic acids is 1. The van der Waals surface area contributed by atoms with Crippen molar-refractivity contribution in [2.45, 2.75) is 85.1 Å². The SMILES string of the molecule is CC(C)=CCC/C(C)=C/CC/C(C)=C/CSC[C@H](NC(=O)C1CCCCC1C=O)C(=O)O. The van der Waals surface area contributed by atoms with E-state index in [4.69, 9.17) is 0 Å². The molecule has 0 spiro atoms. The zero-order valence-electron chi connectivity index (χ0n) is 20.2. The fourth-order valence-electron chi connectivity index (χ4n) is 3.83. The van der Waals surface area contributed by atoms with Crippen LogP contribution in [-0.4, -0.2) is 40.8 Å². The van der Waals surface area contributed by atoms with Gasteiger partial charge in [0, 0.05) is 23.3 Å². The highest BCUT2D eigenvalue weighted by atomic mass is 32.2. The van der Waals surface area contributed by atoms with Gasteiger partial charge in [-0.1, -0.05) is 47.8 Å². The highest BCUT2D eigenvalue weighted by Gasteiger charge is 2.32. The molecule has 6 heteroatoms. The number of carboxylic acid groups (broad SMARTS) is 1. The van der Waals surface area contributed by atoms with Gasteiger partial charge in [-0.15, -0.1) is 0 Å². The predicted molar refractivity (Wildman–Crippen MR) is 134 cm³/mol. The third-order valence-electron chi connectivity index (χ3n) is 5.90. The average Bonchev–Trinajstić information content (AvgIpc) is 2.75. The second-order valence-electron chi connectivity index (χ2n) is 9.09. The normalized spacial score (nSPS) is 20.4. The first-order valence-electron chi connectivity index (χ1n) is 11.8. The molecule has 2 N–H and O–H groups in total. The van der Waals surface area contributed by atoms with E-state index < -0.39 is 17.9 Å². The summed E-state index contributed by atoms with van der Waals surface area (Å²) in [6.45, 7) is 8.53. The predicted octanol–water partition coefficient (Wildman–Crippen LogP) is 5.71. The van der Waals surface area contributed by atoms with Crippen molar-refractivity contribution in [1.82, 2.24) is 5.32 Å². The first-order valence-corrected chi connectivity index (χ1v) is 12.9. The van der Waals surface area contributed by atoms with Crippen LogP contribution in [0.25, 0.3) is 0 Å². The molecule has 5 nitrogen and oxygen atoms in total. The molecule has 1 saturated carbocycles. The van der Waals surface area contributed by atoms with Crippen LogP contribution in [0, 0.1) is 11.8 Å². The molecular weight excluding hydrogens is 422 g/mol. The number of amides is 1. The molecule has 0 saturated heterocycles. The molecule has 32 heavy (non-hydrogen) atoms. The van der Waals surface area contributed by atoms with E-state index in [1.807, 2.05) is 0 Å². The molecular formula is C26H41NO4S. The summed E-state index contributed by atoms with van der Waals surface area (Å²) >= 11 is 1.50. The van der Waals surface area contributed by atoms with Gasteiger partial charge >= 0.3 is 5.97 Å². The Morgan fingerprint density at radius 2 is 1.62 bits per heavy atom. The lowest BCUT2D eigenvalue weighted by molar-refractivity contribution is -0.142. The molecule has 0 bridgehead atoms. The summed E-state index contributed by atoms with van der Waals surface area (Å²) in [5.41, 5.74) is 4.07. The molecule has 0 aromatic heterocycles. The number of hydrogen-bond acceptors (Lipinski definition) is 4. The Balaban J connectivity index is 2.39. The Labute approximate surface area is 198 Å². The minimum atomic E-state index is -1.03. The number of allylic oxidation sites excluding steroid dienone is 5. The van der Waals surface area contributed by atoms with Gasteiger partial charge in [-0.2, -0.15) is 11.8 Å². The zero-order valence-corrected chi connectivity index (χ0v) is 21.0. The maximum Gasteiger partial charge on any atom is 0.327 e. The number of hydrogen-bond donors (Lipinski definition) is 2. The summed E-state index contributed by atoms with van der Waals surface area (Å²) in [5, 5.41) is 12.1. The van der Waals surface area contributed by atoms with Crippen LogP contribution in [-0.2, 0) is 14.4 Å². The zero-order chi connectivity index (χ0) is 23.9. The lowest BCUT2D eigenvalue weighted by atomic mass is 9.79. The Hall–Kier alpha value is -1.82. The molecule has 2 unspecified atom stereocenters. The number of thioether (sulfide) groups is 1. The largest absolute Gasteiger partial charge is 0.480 e. The van der Waals surface area contributed by atoms with Crippen molar-refractivity contribution in [1.29, 1.82) is 0 Å². The van der Waals surface area contributed by atoms with Crippen molar-refractivity contribution >= 4 is 29.9 Å². The Bertz CT molecular complexity index is 707. The second-order valence-corrected chi connectivity index (χ2v) is 10.2. The van der Waals surface area contributed by atoms with Gasteiger partial charge in [0.25, 0.3) is 0 Å². The fraction of sp³-hybridized carbons (Fsp3) is 0.654. The summed E-state index contributed by atoms with van der Waals surface area (Å²) in [7, 11) is 0. The van der Waals surface area contributed by atoms with Crippen LogP contribution in [0.2, 0.25) is 0 Å². The number of carboxylic acids is 1. The van der Waals surface area contributed by atoms with Crippen molar-refractivity contribution in [3.63, 3.8) is 0 Å². The van der Waals surface area contributed by atoms with Gasteiger partial charge in [-0.3, -0.25) is 4.79 Å². The molecule has 1 fully saturated rings. The number of nitrogens with one attached hydrogen (secondary N) is 1. The third kappa shape index (κ3) is 11.7. The van der Waals surface area contributed by atoms with Crippen LogP contribution < -0.4 is 5.32 Å². The molecule has 0 aromatic carbocycles. The number of rotatable bonds is 14. The highest BCUT2D eigenvalue weighted by Crippen LogP contribution is 2.29. The first kappa shape index (κ1) is 28.2. The Morgan fingerprint density at radius 1 is 1.00 bits per heavy atom. The Kier molecular flexibility index (Phi) is 14.0. The molecule has 1 amide bonds. The molecule has 1 rings (SSSR count). The minimum absolute atomic E-state index is 0.290. The van der Waals surface area contributed by atoms with Crippen LogP contribution in [0.1, 0.15) is 79.1 Å². The molecule has 0 aliphatic heterocycles. The van der Waals surface area contributed by atoms with Crippen LogP contribution >= 0.6 is 11.8 Å². The number of carbonyl (C=O) groups is 3. The fourth-order valence-corrected chi connectivity index (χ4v) is 4.83. The van der Waals surface area contributed by atoms with E-state index in [2.05, 4.69) is 51.2 Å². The molecule has 0 heterocycles. The van der Waals surface area contributed by atoms with E-state index >= 15 is 0 Å². The first-order chi connectivity index (χ1) is 15.2. The van der Waals surface area contributed by atoms with Gasteiger partial charge in [0.2, 0.25) is 5.91 Å². The average molecular weight is 464 g/mol. The summed E-state index contributed by atoms with van der Waals surface area (Å²) in [6.07, 6.45) is 15.0. The summed E-state index contributed by atoms with van der Waals surface area (Å²) in [6, 6.07) is -0.929. The third-order valence-corrected chi connectivity index (χ3v) is 6.87. The summed E-state index contributed by atoms with van der Waals surface area (Å²) < 4.78 is 0. The van der Waals surface area contributed by atoms with E-state index in [-0.39, 0.29) is 11.8 Å². The molecule has 0 aromatic rings. The molecule has 180 valence electrons. The van der Waals surface area contributed by atoms with Gasteiger partial charge < -0.3 is 15.2 Å². The van der Waals surface area contributed by atoms with Gasteiger partial charge in [0.15, 0.2) is 0 Å². The number of carbonyl (C=O) groups excluding carboxylic acids is 2. The van der Waals surface area contributed by atoms with Crippen molar-refractivity contribution in [3.05, 3.63) is 34.9 Å². The van der Waals surface area contributed by atoms with E-state index in [1.54, 1.807) is 0 Å². The standard InChI is InChI=1S/C26H41NO4S/c1-19(2)9-7-10-20(3)11-8-12-21(4)15-16-32-18-24(26(30)31)27-25(29)23-14-6-5-13-22(23)17-28/h9,11,15,17,22-24H,5-8,10,12-14,16,18H2,1-4H3,(H,27,29)(H,30,31)/b20-11+,21-15+/t22?,23?,24-/m0/s1. The smallest absolute Gasteiger partial charge is 0.327 e. The van der Waals surface area contributed by atoms with Crippen LogP contribution in [0.4, 0.5) is 0 Å². The molecule has 3 atom stereocenters. The van der Waals surface area contributed by atoms with Crippen molar-refractivity contribution < 1.29 is 19.5 Å². The van der Waals surface area contributed by atoms with Crippen molar-refractivity contribution in [2.24, 2.45) is 11.8 Å². The number of aldehydes is 1. The van der Waals surface area contributed by atoms with Crippen LogP contribution in [0.3, 0.4) is 0 Å². The molecule has 1 aliphatic carbocycles. The topological polar surface area (TPSA) is 83.5 Å². The highest BCUT2D eigenvalue weighted by molar-refractivity contribution is 7.99. The van der Waals surface area contributed by atoms with Gasteiger partial charge in [0.1, 0.15) is 12.3 Å². The lowest BCUT2D eigenvalue weighted by Gasteiger charge is -2.27. The van der Waals surface area contributed by atoms with Crippen molar-refractivity contribution in [3.8, 4) is 0 Å². The monoisotopic (exact) mass is 463 g/mol. The second kappa shape index (κ2) is 15.9.